The molecule has 5 rings (SSSR count). The minimum atomic E-state index is -0.192. The van der Waals surface area contributed by atoms with Crippen LogP contribution in [0.15, 0.2) is 91.0 Å². The van der Waals surface area contributed by atoms with Gasteiger partial charge in [0.25, 0.3) is 0 Å². The van der Waals surface area contributed by atoms with Crippen LogP contribution < -0.4 is 0 Å². The van der Waals surface area contributed by atoms with Gasteiger partial charge < -0.3 is 4.90 Å². The number of likely N-dealkylation sites (tertiary alicyclic amines) is 1. The highest BCUT2D eigenvalue weighted by molar-refractivity contribution is 5.97. The Kier molecular flexibility index (Phi) is 3.74. The maximum Gasteiger partial charge on any atom is 0.233 e. The van der Waals surface area contributed by atoms with Crippen LogP contribution in [-0.2, 0) is 10.2 Å². The Labute approximate surface area is 166 Å². The summed E-state index contributed by atoms with van der Waals surface area (Å²) in [6, 6.07) is 32.0. The molecule has 1 amide bonds. The van der Waals surface area contributed by atoms with Crippen molar-refractivity contribution in [2.45, 2.75) is 43.2 Å². The number of amides is 1. The van der Waals surface area contributed by atoms with Crippen LogP contribution in [0.5, 0.6) is 0 Å². The van der Waals surface area contributed by atoms with Gasteiger partial charge >= 0.3 is 0 Å². The highest BCUT2D eigenvalue weighted by Crippen LogP contribution is 2.75. The lowest BCUT2D eigenvalue weighted by Gasteiger charge is -2.54. The maximum atomic E-state index is 13.3. The molecule has 28 heavy (non-hydrogen) atoms. The molecule has 3 aromatic rings. The Hall–Kier alpha value is -2.87. The van der Waals surface area contributed by atoms with E-state index in [-0.39, 0.29) is 28.8 Å². The first-order chi connectivity index (χ1) is 13.6. The molecular weight excluding hydrogens is 342 g/mol. The monoisotopic (exact) mass is 367 g/mol. The van der Waals surface area contributed by atoms with E-state index in [9.17, 15) is 4.79 Å². The first-order valence-electron chi connectivity index (χ1n) is 10.1. The summed E-state index contributed by atoms with van der Waals surface area (Å²) >= 11 is 0. The van der Waals surface area contributed by atoms with Gasteiger partial charge in [0.15, 0.2) is 0 Å². The predicted octanol–water partition coefficient (Wildman–Crippen LogP) is 5.15. The topological polar surface area (TPSA) is 20.3 Å². The molecule has 1 aliphatic heterocycles. The van der Waals surface area contributed by atoms with Gasteiger partial charge in [-0.25, -0.2) is 0 Å². The number of hydrogen-bond donors (Lipinski definition) is 0. The molecule has 2 heteroatoms. The molecular formula is C26H25NO. The van der Waals surface area contributed by atoms with Gasteiger partial charge in [0, 0.05) is 11.5 Å². The van der Waals surface area contributed by atoms with Crippen LogP contribution in [0, 0.1) is 0 Å². The van der Waals surface area contributed by atoms with Gasteiger partial charge in [-0.15, -0.1) is 0 Å². The minimum Gasteiger partial charge on any atom is -0.332 e. The number of hydrogen-bond acceptors (Lipinski definition) is 1. The lowest BCUT2D eigenvalue weighted by atomic mass is 9.69. The highest BCUT2D eigenvalue weighted by atomic mass is 16.2. The van der Waals surface area contributed by atoms with Crippen LogP contribution in [0.25, 0.3) is 0 Å². The zero-order valence-corrected chi connectivity index (χ0v) is 16.4. The lowest BCUT2D eigenvalue weighted by Crippen LogP contribution is -2.67. The summed E-state index contributed by atoms with van der Waals surface area (Å²) in [5.41, 5.74) is 3.40. The highest BCUT2D eigenvalue weighted by Gasteiger charge is 2.83. The molecule has 3 aromatic carbocycles. The zero-order chi connectivity index (χ0) is 19.4. The second kappa shape index (κ2) is 6.07. The van der Waals surface area contributed by atoms with Crippen LogP contribution >= 0.6 is 0 Å². The standard InChI is InChI=1S/C26H25NO/c1-19(2)27-24(28)23(20-12-6-3-7-13-20)26(27)18-25(26,21-14-8-4-9-15-21)22-16-10-5-11-17-22/h3-17,19,23H,18H2,1-2H3/t23-,26+/m1/s1. The molecule has 1 aliphatic carbocycles. The fraction of sp³-hybridized carbons (Fsp3) is 0.269. The van der Waals surface area contributed by atoms with Gasteiger partial charge in [-0.2, -0.15) is 0 Å². The Balaban J connectivity index is 1.73. The third-order valence-corrected chi connectivity index (χ3v) is 6.72. The SMILES string of the molecule is CC(C)N1C(=O)[C@@H](c2ccccc2)[C@]12CC2(c1ccccc1)c1ccccc1. The molecule has 1 saturated carbocycles. The molecule has 1 saturated heterocycles. The summed E-state index contributed by atoms with van der Waals surface area (Å²) in [4.78, 5) is 15.5. The van der Waals surface area contributed by atoms with E-state index in [4.69, 9.17) is 0 Å². The van der Waals surface area contributed by atoms with Crippen molar-refractivity contribution in [3.8, 4) is 0 Å². The molecule has 0 unspecified atom stereocenters. The van der Waals surface area contributed by atoms with Gasteiger partial charge in [0.05, 0.1) is 11.5 Å². The van der Waals surface area contributed by atoms with E-state index in [2.05, 4.69) is 91.5 Å². The second-order valence-corrected chi connectivity index (χ2v) is 8.38. The quantitative estimate of drug-likeness (QED) is 0.584. The van der Waals surface area contributed by atoms with E-state index < -0.39 is 0 Å². The normalized spacial score (nSPS) is 25.0. The van der Waals surface area contributed by atoms with E-state index in [0.717, 1.165) is 12.0 Å². The Bertz CT molecular complexity index is 957. The molecule has 0 bridgehead atoms. The van der Waals surface area contributed by atoms with Gasteiger partial charge in [-0.1, -0.05) is 91.0 Å². The molecule has 2 nitrogen and oxygen atoms in total. The van der Waals surface area contributed by atoms with Crippen molar-refractivity contribution in [1.82, 2.24) is 4.90 Å². The molecule has 0 N–H and O–H groups in total. The minimum absolute atomic E-state index is 0.0866. The first-order valence-corrected chi connectivity index (χ1v) is 10.1. The average Bonchev–Trinajstić information content (AvgIpc) is 3.43. The average molecular weight is 367 g/mol. The summed E-state index contributed by atoms with van der Waals surface area (Å²) in [7, 11) is 0. The number of benzene rings is 3. The fourth-order valence-electron chi connectivity index (χ4n) is 5.71. The third kappa shape index (κ3) is 2.06. The van der Waals surface area contributed by atoms with Gasteiger partial charge in [-0.3, -0.25) is 4.79 Å². The van der Waals surface area contributed by atoms with Crippen LogP contribution in [0.2, 0.25) is 0 Å². The first kappa shape index (κ1) is 17.2. The Morgan fingerprint density at radius 1 is 0.786 bits per heavy atom. The molecule has 2 aliphatic rings. The molecule has 2 fully saturated rings. The van der Waals surface area contributed by atoms with E-state index in [0.29, 0.717) is 0 Å². The molecule has 0 radical (unpaired) electrons. The largest absolute Gasteiger partial charge is 0.332 e. The van der Waals surface area contributed by atoms with E-state index in [1.165, 1.54) is 11.1 Å². The van der Waals surface area contributed by atoms with Gasteiger partial charge in [-0.05, 0) is 37.0 Å². The van der Waals surface area contributed by atoms with Crippen molar-refractivity contribution in [3.05, 3.63) is 108 Å². The van der Waals surface area contributed by atoms with Crippen molar-refractivity contribution in [2.24, 2.45) is 0 Å². The molecule has 2 atom stereocenters. The van der Waals surface area contributed by atoms with Crippen LogP contribution in [0.1, 0.15) is 42.9 Å². The summed E-state index contributed by atoms with van der Waals surface area (Å²) in [5, 5.41) is 0. The van der Waals surface area contributed by atoms with Crippen molar-refractivity contribution < 1.29 is 4.79 Å². The number of rotatable bonds is 4. The smallest absolute Gasteiger partial charge is 0.233 e. The Morgan fingerprint density at radius 3 is 1.71 bits per heavy atom. The van der Waals surface area contributed by atoms with Gasteiger partial charge in [0.1, 0.15) is 0 Å². The van der Waals surface area contributed by atoms with E-state index in [1.54, 1.807) is 0 Å². The zero-order valence-electron chi connectivity index (χ0n) is 16.4. The summed E-state index contributed by atoms with van der Waals surface area (Å²) < 4.78 is 0. The van der Waals surface area contributed by atoms with Crippen molar-refractivity contribution in [3.63, 3.8) is 0 Å². The van der Waals surface area contributed by atoms with E-state index >= 15 is 0 Å². The third-order valence-electron chi connectivity index (χ3n) is 6.72. The van der Waals surface area contributed by atoms with Crippen LogP contribution in [0.4, 0.5) is 0 Å². The predicted molar refractivity (Wildman–Crippen MR) is 112 cm³/mol. The molecule has 0 aromatic heterocycles. The van der Waals surface area contributed by atoms with Gasteiger partial charge in [0.2, 0.25) is 5.91 Å². The molecule has 1 spiro atoms. The lowest BCUT2D eigenvalue weighted by molar-refractivity contribution is -0.157. The Morgan fingerprint density at radius 2 is 1.25 bits per heavy atom. The maximum absolute atomic E-state index is 13.3. The number of carbonyl (C=O) groups excluding carboxylic acids is 1. The number of β-lactam (4-membered cyclic amide) rings is 1. The number of carbonyl (C=O) groups is 1. The fourth-order valence-corrected chi connectivity index (χ4v) is 5.71. The summed E-state index contributed by atoms with van der Waals surface area (Å²) in [6.07, 6.45) is 0.970. The molecule has 140 valence electrons. The summed E-state index contributed by atoms with van der Waals surface area (Å²) in [6.45, 7) is 4.28. The van der Waals surface area contributed by atoms with Crippen LogP contribution in [0.3, 0.4) is 0 Å². The van der Waals surface area contributed by atoms with Crippen molar-refractivity contribution in [2.75, 3.05) is 0 Å². The second-order valence-electron chi connectivity index (χ2n) is 8.38. The van der Waals surface area contributed by atoms with Crippen LogP contribution in [-0.4, -0.2) is 22.4 Å². The summed E-state index contributed by atoms with van der Waals surface area (Å²) in [5.74, 6) is 0.173. The van der Waals surface area contributed by atoms with E-state index in [1.807, 2.05) is 18.2 Å². The molecule has 1 heterocycles. The number of nitrogens with zero attached hydrogens (tertiary/aromatic N) is 1. The van der Waals surface area contributed by atoms with Crippen molar-refractivity contribution in [1.29, 1.82) is 0 Å². The van der Waals surface area contributed by atoms with Crippen molar-refractivity contribution >= 4 is 5.91 Å².